The van der Waals surface area contributed by atoms with Gasteiger partial charge in [-0.1, -0.05) is 0 Å². The normalized spacial score (nSPS) is 11.2. The van der Waals surface area contributed by atoms with Gasteiger partial charge in [-0.05, 0) is 18.2 Å². The van der Waals surface area contributed by atoms with Crippen molar-refractivity contribution in [1.82, 2.24) is 0 Å². The van der Waals surface area contributed by atoms with Crippen LogP contribution in [0.15, 0.2) is 28.0 Å². The zero-order valence-corrected chi connectivity index (χ0v) is 8.79. The molecule has 0 amide bonds. The van der Waals surface area contributed by atoms with Crippen molar-refractivity contribution in [3.05, 3.63) is 18.2 Å². The summed E-state index contributed by atoms with van der Waals surface area (Å²) in [4.78, 5) is -1.16. The first-order valence-corrected chi connectivity index (χ1v) is 6.35. The molecule has 0 radical (unpaired) electrons. The van der Waals surface area contributed by atoms with Crippen molar-refractivity contribution in [1.29, 1.82) is 0 Å². The van der Waals surface area contributed by atoms with Crippen molar-refractivity contribution >= 4 is 85.0 Å². The predicted octanol–water partition coefficient (Wildman–Crippen LogP) is -1.53. The molecule has 0 spiro atoms. The summed E-state index contributed by atoms with van der Waals surface area (Å²) in [6, 6.07) is 2.33. The molecule has 1 aromatic rings. The van der Waals surface area contributed by atoms with Crippen LogP contribution in [-0.2, 0) is 20.2 Å². The van der Waals surface area contributed by atoms with Gasteiger partial charge in [0.1, 0.15) is 4.90 Å². The summed E-state index contributed by atoms with van der Waals surface area (Å²) >= 11 is 0. The van der Waals surface area contributed by atoms with E-state index in [-0.39, 0.29) is 59.1 Å². The van der Waals surface area contributed by atoms with Crippen molar-refractivity contribution in [3.8, 4) is 0 Å². The maximum atomic E-state index is 10.7. The van der Waals surface area contributed by atoms with E-state index in [4.69, 9.17) is 14.8 Å². The van der Waals surface area contributed by atoms with Crippen LogP contribution in [0.25, 0.3) is 0 Å². The van der Waals surface area contributed by atoms with Crippen molar-refractivity contribution in [3.63, 3.8) is 0 Å². The van der Waals surface area contributed by atoms with E-state index < -0.39 is 35.7 Å². The molecule has 0 heterocycles. The molecule has 17 heavy (non-hydrogen) atoms. The van der Waals surface area contributed by atoms with Gasteiger partial charge >= 0.3 is 59.1 Å². The molecule has 1 rings (SSSR count). The zero-order valence-electron chi connectivity index (χ0n) is 7.15. The van der Waals surface area contributed by atoms with E-state index in [2.05, 4.69) is 0 Å². The fourth-order valence-electron chi connectivity index (χ4n) is 0.922. The molecule has 0 aliphatic heterocycles. The summed E-state index contributed by atoms with van der Waals surface area (Å²) < 4.78 is 59.9. The van der Waals surface area contributed by atoms with Gasteiger partial charge in [-0.3, -0.25) is 9.11 Å². The molecule has 0 bridgehead atoms. The third-order valence-electron chi connectivity index (χ3n) is 1.56. The molecule has 0 aliphatic rings. The number of nitrogen functional groups attached to an aromatic ring is 1. The van der Waals surface area contributed by atoms with Crippen LogP contribution in [0, 0.1) is 0 Å². The van der Waals surface area contributed by atoms with Crippen LogP contribution < -0.4 is 5.73 Å². The van der Waals surface area contributed by atoms with Crippen LogP contribution in [0.3, 0.4) is 0 Å². The van der Waals surface area contributed by atoms with Crippen LogP contribution in [0.2, 0.25) is 0 Å². The Morgan fingerprint density at radius 1 is 0.941 bits per heavy atom. The maximum absolute atomic E-state index is 10.7. The molecular weight excluding hydrogens is 292 g/mol. The van der Waals surface area contributed by atoms with E-state index >= 15 is 0 Å². The first-order valence-electron chi connectivity index (χ1n) is 3.47. The molecule has 0 atom stereocenters. The molecule has 7 nitrogen and oxygen atoms in total. The van der Waals surface area contributed by atoms with E-state index in [1.807, 2.05) is 0 Å². The zero-order chi connectivity index (χ0) is 11.9. The Morgan fingerprint density at radius 3 is 1.71 bits per heavy atom. The summed E-state index contributed by atoms with van der Waals surface area (Å²) in [6.45, 7) is 0. The van der Waals surface area contributed by atoms with Gasteiger partial charge in [0.25, 0.3) is 20.2 Å². The average molecular weight is 301 g/mol. The number of hydrogen-bond acceptors (Lipinski definition) is 5. The third-order valence-corrected chi connectivity index (χ3v) is 3.33. The van der Waals surface area contributed by atoms with Gasteiger partial charge in [-0.2, -0.15) is 16.8 Å². The van der Waals surface area contributed by atoms with Gasteiger partial charge in [0.15, 0.2) is 0 Å². The van der Waals surface area contributed by atoms with Gasteiger partial charge < -0.3 is 5.73 Å². The molecule has 0 unspecified atom stereocenters. The summed E-state index contributed by atoms with van der Waals surface area (Å²) in [5, 5.41) is 0. The van der Waals surface area contributed by atoms with Gasteiger partial charge in [-0.25, -0.2) is 0 Å². The van der Waals surface area contributed by atoms with Crippen molar-refractivity contribution in [2.24, 2.45) is 0 Å². The second-order valence-electron chi connectivity index (χ2n) is 2.65. The van der Waals surface area contributed by atoms with E-state index in [0.717, 1.165) is 18.2 Å². The van der Waals surface area contributed by atoms with Crippen molar-refractivity contribution in [2.45, 2.75) is 9.79 Å². The van der Waals surface area contributed by atoms with Crippen LogP contribution in [-0.4, -0.2) is 85.1 Å². The number of rotatable bonds is 2. The summed E-state index contributed by atoms with van der Waals surface area (Å²) in [5.74, 6) is 0. The minimum absolute atomic E-state index is 0. The number of hydrogen-bond donors (Lipinski definition) is 3. The standard InChI is InChI=1S/C6H7NO6S2.2Na.2H/c7-5-3-4(14(8,9)10)1-2-6(5)15(11,12)13;;;;/h1-3H,7H2,(H,8,9,10)(H,11,12,13);;;;. The van der Waals surface area contributed by atoms with Gasteiger partial charge in [0.05, 0.1) is 10.6 Å². The predicted molar refractivity (Wildman–Crippen MR) is 64.8 cm³/mol. The van der Waals surface area contributed by atoms with Gasteiger partial charge in [0, 0.05) is 0 Å². The SMILES string of the molecule is Nc1cc(S(=O)(=O)O)ccc1S(=O)(=O)O.[NaH].[NaH]. The molecule has 0 fully saturated rings. The Hall–Kier alpha value is 0.840. The molecular formula is C6H9NNa2O6S2. The number of anilines is 1. The molecule has 0 aromatic heterocycles. The Morgan fingerprint density at radius 2 is 1.41 bits per heavy atom. The Labute approximate surface area is 143 Å². The van der Waals surface area contributed by atoms with E-state index in [9.17, 15) is 16.8 Å². The first-order chi connectivity index (χ1) is 6.62. The fraction of sp³-hybridized carbons (Fsp3) is 0. The fourth-order valence-corrected chi connectivity index (χ4v) is 2.03. The Balaban J connectivity index is 0. The summed E-state index contributed by atoms with van der Waals surface area (Å²) in [5.41, 5.74) is 4.72. The number of nitrogens with two attached hydrogens (primary N) is 1. The molecule has 1 aromatic carbocycles. The van der Waals surface area contributed by atoms with E-state index in [1.165, 1.54) is 0 Å². The Bertz CT molecular complexity index is 597. The van der Waals surface area contributed by atoms with Gasteiger partial charge in [-0.15, -0.1) is 0 Å². The second-order valence-corrected chi connectivity index (χ2v) is 5.46. The van der Waals surface area contributed by atoms with Crippen LogP contribution in [0.5, 0.6) is 0 Å². The molecule has 11 heteroatoms. The van der Waals surface area contributed by atoms with Crippen LogP contribution in [0.4, 0.5) is 5.69 Å². The molecule has 0 aliphatic carbocycles. The third kappa shape index (κ3) is 5.55. The van der Waals surface area contributed by atoms with Crippen molar-refractivity contribution in [2.75, 3.05) is 5.73 Å². The van der Waals surface area contributed by atoms with Crippen LogP contribution in [0.1, 0.15) is 0 Å². The van der Waals surface area contributed by atoms with E-state index in [0.29, 0.717) is 0 Å². The quantitative estimate of drug-likeness (QED) is 0.342. The van der Waals surface area contributed by atoms with Crippen molar-refractivity contribution < 1.29 is 25.9 Å². The van der Waals surface area contributed by atoms with Crippen LogP contribution >= 0.6 is 0 Å². The Kier molecular flexibility index (Phi) is 8.12. The summed E-state index contributed by atoms with van der Waals surface area (Å²) in [6.07, 6.45) is 0. The topological polar surface area (TPSA) is 135 Å². The van der Waals surface area contributed by atoms with Gasteiger partial charge in [0.2, 0.25) is 0 Å². The molecule has 4 N–H and O–H groups in total. The molecule has 0 saturated heterocycles. The monoisotopic (exact) mass is 301 g/mol. The molecule has 88 valence electrons. The van der Waals surface area contributed by atoms with E-state index in [1.54, 1.807) is 0 Å². The second kappa shape index (κ2) is 6.85. The summed E-state index contributed by atoms with van der Waals surface area (Å²) in [7, 11) is -8.94. The minimum atomic E-state index is -4.50. The average Bonchev–Trinajstić information content (AvgIpc) is 1.99. The number of benzene rings is 1. The first kappa shape index (κ1) is 20.2. The molecule has 0 saturated carbocycles.